The lowest BCUT2D eigenvalue weighted by Gasteiger charge is -2.36. The number of benzene rings is 1. The van der Waals surface area contributed by atoms with Gasteiger partial charge in [0.2, 0.25) is 11.7 Å². The molecule has 0 unspecified atom stereocenters. The van der Waals surface area contributed by atoms with Gasteiger partial charge in [0.05, 0.1) is 6.54 Å². The number of halogens is 2. The van der Waals surface area contributed by atoms with Crippen LogP contribution in [0.25, 0.3) is 0 Å². The third-order valence-electron chi connectivity index (χ3n) is 6.01. The molecule has 30 heavy (non-hydrogen) atoms. The molecule has 8 heteroatoms. The summed E-state index contributed by atoms with van der Waals surface area (Å²) < 4.78 is 38.0. The standard InChI is InChI=1S/C22H32F2N2O4/c1-29-13-20(27)26-12-11-25(17-7-4-2-3-5-8-17)14-22(28,15-26)16-30-19-10-6-9-18(23)21(19)24/h6,9-10,17,28H,2-5,7-8,11-16H2,1H3/t22-/m0/s1. The van der Waals surface area contributed by atoms with E-state index in [2.05, 4.69) is 4.90 Å². The van der Waals surface area contributed by atoms with Crippen LogP contribution >= 0.6 is 0 Å². The van der Waals surface area contributed by atoms with Crippen molar-refractivity contribution in [3.05, 3.63) is 29.8 Å². The summed E-state index contributed by atoms with van der Waals surface area (Å²) >= 11 is 0. The van der Waals surface area contributed by atoms with Gasteiger partial charge in [-0.05, 0) is 25.0 Å². The van der Waals surface area contributed by atoms with Crippen molar-refractivity contribution in [3.8, 4) is 5.75 Å². The normalized spacial score (nSPS) is 24.3. The quantitative estimate of drug-likeness (QED) is 0.709. The number of amides is 1. The van der Waals surface area contributed by atoms with E-state index in [1.54, 1.807) is 4.90 Å². The van der Waals surface area contributed by atoms with E-state index in [4.69, 9.17) is 9.47 Å². The van der Waals surface area contributed by atoms with E-state index in [0.29, 0.717) is 25.7 Å². The third kappa shape index (κ3) is 5.89. The van der Waals surface area contributed by atoms with Gasteiger partial charge in [-0.1, -0.05) is 31.7 Å². The molecule has 1 amide bonds. The topological polar surface area (TPSA) is 62.2 Å². The van der Waals surface area contributed by atoms with Crippen molar-refractivity contribution in [2.45, 2.75) is 50.2 Å². The first-order chi connectivity index (χ1) is 14.4. The minimum absolute atomic E-state index is 0.0509. The lowest BCUT2D eigenvalue weighted by Crippen LogP contribution is -2.53. The van der Waals surface area contributed by atoms with Gasteiger partial charge >= 0.3 is 0 Å². The molecule has 1 aliphatic heterocycles. The minimum atomic E-state index is -1.41. The molecule has 6 nitrogen and oxygen atoms in total. The summed E-state index contributed by atoms with van der Waals surface area (Å²) in [5, 5.41) is 11.4. The molecule has 1 aromatic rings. The zero-order valence-electron chi connectivity index (χ0n) is 17.6. The van der Waals surface area contributed by atoms with E-state index >= 15 is 0 Å². The lowest BCUT2D eigenvalue weighted by molar-refractivity contribution is -0.138. The fourth-order valence-electron chi connectivity index (χ4n) is 4.45. The molecule has 1 aromatic carbocycles. The van der Waals surface area contributed by atoms with Crippen LogP contribution in [0.2, 0.25) is 0 Å². The van der Waals surface area contributed by atoms with Crippen LogP contribution in [0.3, 0.4) is 0 Å². The summed E-state index contributed by atoms with van der Waals surface area (Å²) in [5.74, 6) is -2.54. The Hall–Kier alpha value is -1.77. The summed E-state index contributed by atoms with van der Waals surface area (Å²) in [6.07, 6.45) is 6.85. The second-order valence-electron chi connectivity index (χ2n) is 8.43. The Labute approximate surface area is 176 Å². The van der Waals surface area contributed by atoms with Gasteiger partial charge in [0, 0.05) is 32.8 Å². The van der Waals surface area contributed by atoms with E-state index in [9.17, 15) is 18.7 Å². The molecule has 2 fully saturated rings. The van der Waals surface area contributed by atoms with Crippen molar-refractivity contribution in [1.82, 2.24) is 9.80 Å². The molecule has 2 aliphatic rings. The predicted molar refractivity (Wildman–Crippen MR) is 108 cm³/mol. The monoisotopic (exact) mass is 426 g/mol. The number of rotatable bonds is 6. The van der Waals surface area contributed by atoms with Crippen LogP contribution in [-0.4, -0.2) is 79.0 Å². The second-order valence-corrected chi connectivity index (χ2v) is 8.43. The van der Waals surface area contributed by atoms with E-state index in [-0.39, 0.29) is 31.4 Å². The van der Waals surface area contributed by atoms with Crippen LogP contribution in [0.1, 0.15) is 38.5 Å². The molecule has 0 spiro atoms. The highest BCUT2D eigenvalue weighted by Crippen LogP contribution is 2.27. The molecule has 1 aliphatic carbocycles. The Morgan fingerprint density at radius 1 is 1.17 bits per heavy atom. The van der Waals surface area contributed by atoms with Crippen LogP contribution in [0, 0.1) is 11.6 Å². The third-order valence-corrected chi connectivity index (χ3v) is 6.01. The summed E-state index contributed by atoms with van der Waals surface area (Å²) in [7, 11) is 1.45. The number of carbonyl (C=O) groups is 1. The highest BCUT2D eigenvalue weighted by atomic mass is 19.2. The van der Waals surface area contributed by atoms with Crippen molar-refractivity contribution >= 4 is 5.91 Å². The Morgan fingerprint density at radius 2 is 1.90 bits per heavy atom. The van der Waals surface area contributed by atoms with Gasteiger partial charge in [0.25, 0.3) is 0 Å². The summed E-state index contributed by atoms with van der Waals surface area (Å²) in [4.78, 5) is 16.3. The first-order valence-electron chi connectivity index (χ1n) is 10.7. The van der Waals surface area contributed by atoms with Crippen molar-refractivity contribution in [1.29, 1.82) is 0 Å². The first-order valence-corrected chi connectivity index (χ1v) is 10.7. The summed E-state index contributed by atoms with van der Waals surface area (Å²) in [5.41, 5.74) is -1.41. The Balaban J connectivity index is 1.77. The van der Waals surface area contributed by atoms with E-state index in [1.807, 2.05) is 0 Å². The highest BCUT2D eigenvalue weighted by molar-refractivity contribution is 5.77. The first kappa shape index (κ1) is 22.9. The highest BCUT2D eigenvalue weighted by Gasteiger charge is 2.39. The minimum Gasteiger partial charge on any atom is -0.487 e. The Bertz CT molecular complexity index is 712. The molecular weight excluding hydrogens is 394 g/mol. The van der Waals surface area contributed by atoms with Crippen LogP contribution in [0.4, 0.5) is 8.78 Å². The number of carbonyl (C=O) groups excluding carboxylic acids is 1. The maximum Gasteiger partial charge on any atom is 0.248 e. The van der Waals surface area contributed by atoms with E-state index in [1.165, 1.54) is 32.1 Å². The molecule has 0 aromatic heterocycles. The van der Waals surface area contributed by atoms with Gasteiger partial charge in [-0.2, -0.15) is 4.39 Å². The number of hydrogen-bond donors (Lipinski definition) is 1. The van der Waals surface area contributed by atoms with Gasteiger partial charge in [0.15, 0.2) is 11.6 Å². The number of hydrogen-bond acceptors (Lipinski definition) is 5. The number of nitrogens with zero attached hydrogens (tertiary/aromatic N) is 2. The zero-order chi connectivity index (χ0) is 21.6. The maximum absolute atomic E-state index is 14.0. The van der Waals surface area contributed by atoms with E-state index in [0.717, 1.165) is 31.7 Å². The fourth-order valence-corrected chi connectivity index (χ4v) is 4.45. The van der Waals surface area contributed by atoms with E-state index < -0.39 is 17.2 Å². The molecule has 0 bridgehead atoms. The smallest absolute Gasteiger partial charge is 0.248 e. The second kappa shape index (κ2) is 10.5. The molecular formula is C22H32F2N2O4. The Morgan fingerprint density at radius 3 is 2.60 bits per heavy atom. The van der Waals surface area contributed by atoms with Crippen molar-refractivity contribution in [3.63, 3.8) is 0 Å². The Kier molecular flexibility index (Phi) is 8.02. The van der Waals surface area contributed by atoms with Crippen molar-refractivity contribution in [2.75, 3.05) is 46.5 Å². The van der Waals surface area contributed by atoms with Crippen LogP contribution in [0.15, 0.2) is 18.2 Å². The summed E-state index contributed by atoms with van der Waals surface area (Å²) in [6.45, 7) is 1.18. The van der Waals surface area contributed by atoms with Gasteiger partial charge in [-0.15, -0.1) is 0 Å². The molecule has 168 valence electrons. The van der Waals surface area contributed by atoms with Gasteiger partial charge < -0.3 is 19.5 Å². The van der Waals surface area contributed by atoms with Gasteiger partial charge in [0.1, 0.15) is 18.8 Å². The number of methoxy groups -OCH3 is 1. The van der Waals surface area contributed by atoms with Crippen LogP contribution in [0.5, 0.6) is 5.75 Å². The lowest BCUT2D eigenvalue weighted by atomic mass is 10.0. The number of β-amino-alcohol motifs (C(OH)–C–C–N with tert-alkyl or cyclic N) is 1. The zero-order valence-corrected chi connectivity index (χ0v) is 17.6. The fraction of sp³-hybridized carbons (Fsp3) is 0.682. The molecule has 1 N–H and O–H groups in total. The van der Waals surface area contributed by atoms with Gasteiger partial charge in [-0.25, -0.2) is 4.39 Å². The number of ether oxygens (including phenoxy) is 2. The number of aliphatic hydroxyl groups is 1. The average Bonchev–Trinajstić information content (AvgIpc) is 3.09. The average molecular weight is 427 g/mol. The van der Waals surface area contributed by atoms with Crippen molar-refractivity contribution < 1.29 is 28.2 Å². The molecule has 1 saturated carbocycles. The van der Waals surface area contributed by atoms with Crippen molar-refractivity contribution in [2.24, 2.45) is 0 Å². The molecule has 0 radical (unpaired) electrons. The van der Waals surface area contributed by atoms with Crippen LogP contribution < -0.4 is 4.74 Å². The maximum atomic E-state index is 14.0. The molecule has 1 atom stereocenters. The predicted octanol–water partition coefficient (Wildman–Crippen LogP) is 2.59. The molecule has 1 heterocycles. The van der Waals surface area contributed by atoms with Gasteiger partial charge in [-0.3, -0.25) is 9.69 Å². The SMILES string of the molecule is COCC(=O)N1CCN(C2CCCCCC2)C[C@@](O)(COc2cccc(F)c2F)C1. The molecule has 3 rings (SSSR count). The molecule has 1 saturated heterocycles. The van der Waals surface area contributed by atoms with Crippen LogP contribution in [-0.2, 0) is 9.53 Å². The summed E-state index contributed by atoms with van der Waals surface area (Å²) in [6, 6.07) is 4.04. The largest absolute Gasteiger partial charge is 0.487 e.